The Bertz CT molecular complexity index is 1420. The van der Waals surface area contributed by atoms with Crippen LogP contribution < -0.4 is 4.72 Å². The standard InChI is InChI=1S/C22H18F2N4O3S/c1-2-7-32(30,31)27-20-11-16(23)10-18(21(20)24)22(29)14-3-4-19-15(8-14)9-17(12-26-19)28-6-5-25-13-28/h3-6,8-13,27H,2,7H2,1H3. The predicted molar refractivity (Wildman–Crippen MR) is 116 cm³/mol. The van der Waals surface area contributed by atoms with Crippen LogP contribution in [-0.2, 0) is 10.0 Å². The molecular weight excluding hydrogens is 438 g/mol. The van der Waals surface area contributed by atoms with Crippen LogP contribution in [0, 0.1) is 11.6 Å². The number of hydrogen-bond acceptors (Lipinski definition) is 5. The van der Waals surface area contributed by atoms with Gasteiger partial charge in [-0.15, -0.1) is 0 Å². The van der Waals surface area contributed by atoms with E-state index >= 15 is 0 Å². The number of nitrogens with one attached hydrogen (secondary N) is 1. The Labute approximate surface area is 182 Å². The molecule has 0 aliphatic carbocycles. The third-order valence-electron chi connectivity index (χ3n) is 4.75. The van der Waals surface area contributed by atoms with Gasteiger partial charge in [0.1, 0.15) is 5.82 Å². The monoisotopic (exact) mass is 456 g/mol. The summed E-state index contributed by atoms with van der Waals surface area (Å²) in [5, 5.41) is 0.614. The molecule has 4 rings (SSSR count). The second-order valence-corrected chi connectivity index (χ2v) is 8.98. The summed E-state index contributed by atoms with van der Waals surface area (Å²) >= 11 is 0. The molecule has 0 fully saturated rings. The molecule has 1 N–H and O–H groups in total. The van der Waals surface area contributed by atoms with E-state index in [2.05, 4.69) is 9.97 Å². The molecule has 0 amide bonds. The summed E-state index contributed by atoms with van der Waals surface area (Å²) in [6.07, 6.45) is 6.89. The summed E-state index contributed by atoms with van der Waals surface area (Å²) < 4.78 is 56.9. The lowest BCUT2D eigenvalue weighted by Crippen LogP contribution is -2.18. The molecule has 0 aliphatic rings. The van der Waals surface area contributed by atoms with E-state index in [1.165, 1.54) is 12.1 Å². The van der Waals surface area contributed by atoms with E-state index in [9.17, 15) is 22.0 Å². The molecule has 7 nitrogen and oxygen atoms in total. The average molecular weight is 456 g/mol. The number of rotatable bonds is 7. The molecule has 10 heteroatoms. The molecule has 0 aliphatic heterocycles. The van der Waals surface area contributed by atoms with E-state index in [-0.39, 0.29) is 11.3 Å². The zero-order valence-corrected chi connectivity index (χ0v) is 17.7. The fourth-order valence-electron chi connectivity index (χ4n) is 3.29. The molecular formula is C22H18F2N4O3S. The minimum Gasteiger partial charge on any atom is -0.305 e. The first-order valence-corrected chi connectivity index (χ1v) is 11.3. The molecule has 2 heterocycles. The van der Waals surface area contributed by atoms with Crippen LogP contribution in [-0.4, -0.2) is 34.5 Å². The van der Waals surface area contributed by atoms with Crippen molar-refractivity contribution in [1.29, 1.82) is 0 Å². The summed E-state index contributed by atoms with van der Waals surface area (Å²) in [4.78, 5) is 21.3. The maximum Gasteiger partial charge on any atom is 0.232 e. The molecule has 0 unspecified atom stereocenters. The largest absolute Gasteiger partial charge is 0.305 e. The number of carbonyl (C=O) groups is 1. The van der Waals surface area contributed by atoms with Crippen LogP contribution in [0.2, 0.25) is 0 Å². The smallest absolute Gasteiger partial charge is 0.232 e. The number of pyridine rings is 1. The molecule has 0 saturated heterocycles. The summed E-state index contributed by atoms with van der Waals surface area (Å²) in [6, 6.07) is 7.83. The molecule has 0 atom stereocenters. The van der Waals surface area contributed by atoms with E-state index in [1.54, 1.807) is 48.5 Å². The fraction of sp³-hybridized carbons (Fsp3) is 0.136. The highest BCUT2D eigenvalue weighted by atomic mass is 32.2. The Hall–Kier alpha value is -3.66. The van der Waals surface area contributed by atoms with Crippen LogP contribution in [0.4, 0.5) is 14.5 Å². The van der Waals surface area contributed by atoms with Gasteiger partial charge in [-0.05, 0) is 36.8 Å². The lowest BCUT2D eigenvalue weighted by molar-refractivity contribution is 0.103. The summed E-state index contributed by atoms with van der Waals surface area (Å²) in [7, 11) is -3.87. The van der Waals surface area contributed by atoms with Gasteiger partial charge in [-0.3, -0.25) is 14.5 Å². The molecule has 2 aromatic carbocycles. The van der Waals surface area contributed by atoms with Crippen molar-refractivity contribution >= 4 is 32.4 Å². The summed E-state index contributed by atoms with van der Waals surface area (Å²) in [5.41, 5.74) is 0.250. The van der Waals surface area contributed by atoms with Crippen molar-refractivity contribution in [3.8, 4) is 5.69 Å². The SMILES string of the molecule is CCCS(=O)(=O)Nc1cc(F)cc(C(=O)c2ccc3ncc(-n4ccnc4)cc3c2)c1F. The number of fused-ring (bicyclic) bond motifs is 1. The molecule has 0 saturated carbocycles. The summed E-state index contributed by atoms with van der Waals surface area (Å²) in [6.45, 7) is 1.64. The number of halogens is 2. The van der Waals surface area contributed by atoms with Crippen LogP contribution in [0.5, 0.6) is 0 Å². The third-order valence-corrected chi connectivity index (χ3v) is 6.23. The van der Waals surface area contributed by atoms with E-state index < -0.39 is 38.7 Å². The fourth-order valence-corrected chi connectivity index (χ4v) is 4.41. The number of aromatic nitrogens is 3. The molecule has 164 valence electrons. The second-order valence-electron chi connectivity index (χ2n) is 7.14. The zero-order chi connectivity index (χ0) is 22.9. The van der Waals surface area contributed by atoms with Gasteiger partial charge in [0, 0.05) is 29.4 Å². The Morgan fingerprint density at radius 3 is 2.69 bits per heavy atom. The van der Waals surface area contributed by atoms with Crippen LogP contribution in [0.1, 0.15) is 29.3 Å². The summed E-state index contributed by atoms with van der Waals surface area (Å²) in [5.74, 6) is -3.12. The van der Waals surface area contributed by atoms with E-state index in [0.717, 1.165) is 6.07 Å². The lowest BCUT2D eigenvalue weighted by Gasteiger charge is -2.12. The number of ketones is 1. The first kappa shape index (κ1) is 21.6. The van der Waals surface area contributed by atoms with Crippen molar-refractivity contribution < 1.29 is 22.0 Å². The topological polar surface area (TPSA) is 94.0 Å². The highest BCUT2D eigenvalue weighted by molar-refractivity contribution is 7.92. The van der Waals surface area contributed by atoms with Crippen molar-refractivity contribution in [1.82, 2.24) is 14.5 Å². The second kappa shape index (κ2) is 8.46. The van der Waals surface area contributed by atoms with Gasteiger partial charge in [-0.1, -0.05) is 6.92 Å². The highest BCUT2D eigenvalue weighted by Gasteiger charge is 2.22. The number of benzene rings is 2. The molecule has 4 aromatic rings. The van der Waals surface area contributed by atoms with Gasteiger partial charge in [0.15, 0.2) is 11.6 Å². The maximum absolute atomic E-state index is 15.0. The van der Waals surface area contributed by atoms with Crippen LogP contribution >= 0.6 is 0 Å². The van der Waals surface area contributed by atoms with Crippen molar-refractivity contribution in [2.75, 3.05) is 10.5 Å². The van der Waals surface area contributed by atoms with Gasteiger partial charge < -0.3 is 4.57 Å². The quantitative estimate of drug-likeness (QED) is 0.423. The van der Waals surface area contributed by atoms with Gasteiger partial charge in [0.05, 0.1) is 40.7 Å². The Morgan fingerprint density at radius 1 is 1.16 bits per heavy atom. The van der Waals surface area contributed by atoms with Crippen molar-refractivity contribution in [3.63, 3.8) is 0 Å². The van der Waals surface area contributed by atoms with Crippen LogP contribution in [0.3, 0.4) is 0 Å². The predicted octanol–water partition coefficient (Wildman–Crippen LogP) is 4.08. The number of carbonyl (C=O) groups excluding carboxylic acids is 1. The number of hydrogen-bond donors (Lipinski definition) is 1. The van der Waals surface area contributed by atoms with Gasteiger partial charge in [0.25, 0.3) is 0 Å². The first-order valence-electron chi connectivity index (χ1n) is 9.70. The van der Waals surface area contributed by atoms with Crippen molar-refractivity contribution in [2.24, 2.45) is 0 Å². The zero-order valence-electron chi connectivity index (χ0n) is 16.9. The molecule has 0 bridgehead atoms. The number of nitrogens with zero attached hydrogens (tertiary/aromatic N) is 3. The van der Waals surface area contributed by atoms with Gasteiger partial charge in [-0.25, -0.2) is 22.2 Å². The van der Waals surface area contributed by atoms with Gasteiger partial charge in [-0.2, -0.15) is 0 Å². The molecule has 0 radical (unpaired) electrons. The van der Waals surface area contributed by atoms with Gasteiger partial charge in [0.2, 0.25) is 10.0 Å². The van der Waals surface area contributed by atoms with Crippen molar-refractivity contribution in [2.45, 2.75) is 13.3 Å². The lowest BCUT2D eigenvalue weighted by atomic mass is 10.00. The normalized spacial score (nSPS) is 11.6. The van der Waals surface area contributed by atoms with Crippen molar-refractivity contribution in [3.05, 3.63) is 84.1 Å². The molecule has 32 heavy (non-hydrogen) atoms. The van der Waals surface area contributed by atoms with E-state index in [0.29, 0.717) is 29.1 Å². The maximum atomic E-state index is 15.0. The molecule has 2 aromatic heterocycles. The average Bonchev–Trinajstić information content (AvgIpc) is 3.29. The van der Waals surface area contributed by atoms with Crippen LogP contribution in [0.15, 0.2) is 61.3 Å². The highest BCUT2D eigenvalue weighted by Crippen LogP contribution is 2.26. The molecule has 0 spiro atoms. The van der Waals surface area contributed by atoms with Crippen LogP contribution in [0.25, 0.3) is 16.6 Å². The first-order chi connectivity index (χ1) is 15.3. The Morgan fingerprint density at radius 2 is 1.97 bits per heavy atom. The Kier molecular flexibility index (Phi) is 5.70. The number of imidazole rings is 1. The minimum absolute atomic E-state index is 0.106. The number of sulfonamides is 1. The van der Waals surface area contributed by atoms with E-state index in [1.807, 2.05) is 4.72 Å². The number of anilines is 1. The van der Waals surface area contributed by atoms with Gasteiger partial charge >= 0.3 is 0 Å². The Balaban J connectivity index is 1.74. The minimum atomic E-state index is -3.87. The third kappa shape index (κ3) is 4.35. The van der Waals surface area contributed by atoms with E-state index in [4.69, 9.17) is 0 Å².